The van der Waals surface area contributed by atoms with Gasteiger partial charge in [0.15, 0.2) is 0 Å². The van der Waals surface area contributed by atoms with Crippen LogP contribution in [0.4, 0.5) is 8.78 Å². The smallest absolute Gasteiger partial charge is 0.130 e. The molecule has 140 valence electrons. The van der Waals surface area contributed by atoms with Crippen molar-refractivity contribution < 1.29 is 13.9 Å². The minimum absolute atomic E-state index is 0.108. The molecule has 1 aliphatic heterocycles. The maximum Gasteiger partial charge on any atom is 0.130 e. The van der Waals surface area contributed by atoms with E-state index < -0.39 is 11.6 Å². The predicted molar refractivity (Wildman–Crippen MR) is 98.7 cm³/mol. The van der Waals surface area contributed by atoms with Crippen LogP contribution < -0.4 is 0 Å². The molecule has 3 rings (SSSR count). The van der Waals surface area contributed by atoms with E-state index in [1.807, 2.05) is 12.1 Å². The van der Waals surface area contributed by atoms with E-state index in [9.17, 15) is 13.9 Å². The summed E-state index contributed by atoms with van der Waals surface area (Å²) in [5, 5.41) is 9.46. The van der Waals surface area contributed by atoms with Gasteiger partial charge in [0.05, 0.1) is 0 Å². The Morgan fingerprint density at radius 2 is 1.73 bits per heavy atom. The summed E-state index contributed by atoms with van der Waals surface area (Å²) in [6.07, 6.45) is 0.655. The van der Waals surface area contributed by atoms with Gasteiger partial charge in [-0.1, -0.05) is 30.3 Å². The summed E-state index contributed by atoms with van der Waals surface area (Å²) in [6.45, 7) is 5.57. The fourth-order valence-corrected chi connectivity index (χ4v) is 3.65. The molecule has 1 saturated heterocycles. The number of hydrogen-bond donors (Lipinski definition) is 1. The van der Waals surface area contributed by atoms with Crippen molar-refractivity contribution in [2.24, 2.45) is 0 Å². The number of benzene rings is 2. The minimum atomic E-state index is -0.494. The van der Waals surface area contributed by atoms with E-state index >= 15 is 0 Å². The van der Waals surface area contributed by atoms with Gasteiger partial charge in [0.1, 0.15) is 11.6 Å². The number of halogens is 2. The van der Waals surface area contributed by atoms with Gasteiger partial charge >= 0.3 is 0 Å². The zero-order valence-electron chi connectivity index (χ0n) is 15.2. The maximum absolute atomic E-state index is 13.9. The highest BCUT2D eigenvalue weighted by Gasteiger charge is 2.28. The van der Waals surface area contributed by atoms with Crippen molar-refractivity contribution in [1.29, 1.82) is 0 Å². The molecule has 1 atom stereocenters. The molecule has 0 bridgehead atoms. The average molecular weight is 360 g/mol. The SMILES string of the molecule is Cc1ccccc1CN1CCN(Cc2c(F)cccc2F)C[C@H]1CCO. The topological polar surface area (TPSA) is 26.7 Å². The molecule has 3 nitrogen and oxygen atoms in total. The summed E-state index contributed by atoms with van der Waals surface area (Å²) in [6, 6.07) is 12.5. The monoisotopic (exact) mass is 360 g/mol. The summed E-state index contributed by atoms with van der Waals surface area (Å²) in [5.41, 5.74) is 2.66. The van der Waals surface area contributed by atoms with Crippen LogP contribution in [0.1, 0.15) is 23.1 Å². The molecule has 1 fully saturated rings. The minimum Gasteiger partial charge on any atom is -0.396 e. The van der Waals surface area contributed by atoms with Crippen molar-refractivity contribution in [3.05, 3.63) is 70.8 Å². The molecule has 26 heavy (non-hydrogen) atoms. The van der Waals surface area contributed by atoms with Crippen LogP contribution in [-0.2, 0) is 13.1 Å². The molecule has 0 aliphatic carbocycles. The van der Waals surface area contributed by atoms with Crippen LogP contribution in [0, 0.1) is 18.6 Å². The van der Waals surface area contributed by atoms with Crippen molar-refractivity contribution in [1.82, 2.24) is 9.80 Å². The molecule has 5 heteroatoms. The lowest BCUT2D eigenvalue weighted by atomic mass is 10.0. The zero-order chi connectivity index (χ0) is 18.5. The van der Waals surface area contributed by atoms with E-state index in [4.69, 9.17) is 0 Å². The number of hydrogen-bond acceptors (Lipinski definition) is 3. The third kappa shape index (κ3) is 4.47. The fourth-order valence-electron chi connectivity index (χ4n) is 3.65. The normalized spacial score (nSPS) is 19.0. The number of rotatable bonds is 6. The second-order valence-corrected chi connectivity index (χ2v) is 7.00. The summed E-state index contributed by atoms with van der Waals surface area (Å²) >= 11 is 0. The third-order valence-electron chi connectivity index (χ3n) is 5.23. The summed E-state index contributed by atoms with van der Waals surface area (Å²) in [5.74, 6) is -0.989. The van der Waals surface area contributed by atoms with E-state index in [-0.39, 0.29) is 24.8 Å². The highest BCUT2D eigenvalue weighted by atomic mass is 19.1. The molecule has 1 heterocycles. The first-order valence-electron chi connectivity index (χ1n) is 9.13. The molecule has 1 aliphatic rings. The fraction of sp³-hybridized carbons (Fsp3) is 0.429. The lowest BCUT2D eigenvalue weighted by molar-refractivity contribution is 0.0488. The number of aliphatic hydroxyl groups is 1. The molecular weight excluding hydrogens is 334 g/mol. The van der Waals surface area contributed by atoms with Crippen LogP contribution in [0.3, 0.4) is 0 Å². The Morgan fingerprint density at radius 1 is 1.00 bits per heavy atom. The van der Waals surface area contributed by atoms with Crippen molar-refractivity contribution in [2.45, 2.75) is 32.5 Å². The molecule has 2 aromatic carbocycles. The van der Waals surface area contributed by atoms with Gasteiger partial charge in [-0.2, -0.15) is 0 Å². The number of piperazine rings is 1. The number of nitrogens with zero attached hydrogens (tertiary/aromatic N) is 2. The van der Waals surface area contributed by atoms with E-state index in [1.54, 1.807) is 0 Å². The van der Waals surface area contributed by atoms with Crippen LogP contribution >= 0.6 is 0 Å². The molecule has 0 amide bonds. The van der Waals surface area contributed by atoms with Crippen LogP contribution in [0.15, 0.2) is 42.5 Å². The molecule has 0 aromatic heterocycles. The van der Waals surface area contributed by atoms with Crippen molar-refractivity contribution in [2.75, 3.05) is 26.2 Å². The predicted octanol–water partition coefficient (Wildman–Crippen LogP) is 3.34. The zero-order valence-corrected chi connectivity index (χ0v) is 15.2. The first-order valence-corrected chi connectivity index (χ1v) is 9.13. The molecule has 1 N–H and O–H groups in total. The summed E-state index contributed by atoms with van der Waals surface area (Å²) < 4.78 is 27.9. The number of aliphatic hydroxyl groups excluding tert-OH is 1. The maximum atomic E-state index is 13.9. The molecular formula is C21H26F2N2O. The van der Waals surface area contributed by atoms with Crippen molar-refractivity contribution >= 4 is 0 Å². The highest BCUT2D eigenvalue weighted by Crippen LogP contribution is 2.21. The van der Waals surface area contributed by atoms with Crippen LogP contribution in [0.25, 0.3) is 0 Å². The van der Waals surface area contributed by atoms with Gasteiger partial charge < -0.3 is 5.11 Å². The Bertz CT molecular complexity index is 717. The third-order valence-corrected chi connectivity index (χ3v) is 5.23. The van der Waals surface area contributed by atoms with Gasteiger partial charge in [0.25, 0.3) is 0 Å². The summed E-state index contributed by atoms with van der Waals surface area (Å²) in [7, 11) is 0. The standard InChI is InChI=1S/C21H26F2N2O/c1-16-5-2-3-6-17(16)13-25-11-10-24(14-18(25)9-12-26)15-19-20(22)7-4-8-21(19)23/h2-8,18,26H,9-15H2,1H3/t18-/m1/s1. The lowest BCUT2D eigenvalue weighted by Crippen LogP contribution is -2.52. The van der Waals surface area contributed by atoms with E-state index in [0.717, 1.165) is 19.6 Å². The van der Waals surface area contributed by atoms with Crippen LogP contribution in [0.5, 0.6) is 0 Å². The number of aryl methyl sites for hydroxylation is 1. The lowest BCUT2D eigenvalue weighted by Gasteiger charge is -2.41. The van der Waals surface area contributed by atoms with E-state index in [2.05, 4.69) is 28.9 Å². The van der Waals surface area contributed by atoms with Gasteiger partial charge in [0, 0.05) is 50.9 Å². The molecule has 0 radical (unpaired) electrons. The Kier molecular flexibility index (Phi) is 6.35. The Morgan fingerprint density at radius 3 is 2.42 bits per heavy atom. The first kappa shape index (κ1) is 19.0. The Balaban J connectivity index is 1.69. The van der Waals surface area contributed by atoms with Crippen molar-refractivity contribution in [3.8, 4) is 0 Å². The van der Waals surface area contributed by atoms with Gasteiger partial charge in [-0.3, -0.25) is 9.80 Å². The van der Waals surface area contributed by atoms with Crippen LogP contribution in [-0.4, -0.2) is 47.2 Å². The highest BCUT2D eigenvalue weighted by molar-refractivity contribution is 5.25. The Hall–Kier alpha value is -1.82. The first-order chi connectivity index (χ1) is 12.6. The molecule has 0 spiro atoms. The van der Waals surface area contributed by atoms with Gasteiger partial charge in [-0.15, -0.1) is 0 Å². The van der Waals surface area contributed by atoms with Gasteiger partial charge in [0.2, 0.25) is 0 Å². The summed E-state index contributed by atoms with van der Waals surface area (Å²) in [4.78, 5) is 4.45. The molecule has 2 aromatic rings. The van der Waals surface area contributed by atoms with Gasteiger partial charge in [-0.25, -0.2) is 8.78 Å². The molecule has 0 unspecified atom stereocenters. The second-order valence-electron chi connectivity index (χ2n) is 7.00. The van der Waals surface area contributed by atoms with Crippen molar-refractivity contribution in [3.63, 3.8) is 0 Å². The average Bonchev–Trinajstić information content (AvgIpc) is 2.62. The van der Waals surface area contributed by atoms with Crippen LogP contribution in [0.2, 0.25) is 0 Å². The Labute approximate surface area is 153 Å². The molecule has 0 saturated carbocycles. The second kappa shape index (κ2) is 8.71. The van der Waals surface area contributed by atoms with E-state index in [1.165, 1.54) is 29.3 Å². The van der Waals surface area contributed by atoms with Gasteiger partial charge in [-0.05, 0) is 36.6 Å². The largest absolute Gasteiger partial charge is 0.396 e. The quantitative estimate of drug-likeness (QED) is 0.856. The van der Waals surface area contributed by atoms with E-state index in [0.29, 0.717) is 13.0 Å².